The number of rotatable bonds is 3. The molecule has 4 nitrogen and oxygen atoms in total. The molecule has 2 aromatic rings. The highest BCUT2D eigenvalue weighted by atomic mass is 15.2. The highest BCUT2D eigenvalue weighted by molar-refractivity contribution is 5.71. The highest BCUT2D eigenvalue weighted by Gasteiger charge is 2.30. The first-order chi connectivity index (χ1) is 10.1. The Morgan fingerprint density at radius 2 is 2.19 bits per heavy atom. The molecule has 1 aliphatic rings. The van der Waals surface area contributed by atoms with E-state index in [-0.39, 0.29) is 0 Å². The van der Waals surface area contributed by atoms with Crippen molar-refractivity contribution in [2.45, 2.75) is 32.2 Å². The van der Waals surface area contributed by atoms with Gasteiger partial charge in [0, 0.05) is 49.4 Å². The second kappa shape index (κ2) is 5.25. The molecule has 0 N–H and O–H groups in total. The first-order valence-electron chi connectivity index (χ1n) is 7.36. The van der Waals surface area contributed by atoms with Gasteiger partial charge < -0.3 is 4.90 Å². The van der Waals surface area contributed by atoms with Crippen LogP contribution >= 0.6 is 0 Å². The minimum atomic E-state index is 0.309. The summed E-state index contributed by atoms with van der Waals surface area (Å²) in [5.41, 5.74) is 4.87. The summed E-state index contributed by atoms with van der Waals surface area (Å²) in [5.74, 6) is 0.309. The second-order valence-corrected chi connectivity index (χ2v) is 5.98. The van der Waals surface area contributed by atoms with Crippen molar-refractivity contribution < 1.29 is 0 Å². The normalized spacial score (nSPS) is 17.1. The summed E-state index contributed by atoms with van der Waals surface area (Å²) in [7, 11) is 1.93. The summed E-state index contributed by atoms with van der Waals surface area (Å²) < 4.78 is 1.82. The molecular weight excluding hydrogens is 260 g/mol. The van der Waals surface area contributed by atoms with Crippen LogP contribution in [0, 0.1) is 11.3 Å². The quantitative estimate of drug-likeness (QED) is 0.866. The third-order valence-corrected chi connectivity index (χ3v) is 4.19. The molecule has 0 unspecified atom stereocenters. The summed E-state index contributed by atoms with van der Waals surface area (Å²) >= 11 is 0. The molecule has 1 atom stereocenters. The van der Waals surface area contributed by atoms with Gasteiger partial charge in [-0.2, -0.15) is 10.4 Å². The van der Waals surface area contributed by atoms with Crippen molar-refractivity contribution in [3.05, 3.63) is 36.2 Å². The van der Waals surface area contributed by atoms with Gasteiger partial charge in [0.25, 0.3) is 0 Å². The van der Waals surface area contributed by atoms with E-state index in [0.717, 1.165) is 12.1 Å². The Hall–Kier alpha value is -2.28. The van der Waals surface area contributed by atoms with Gasteiger partial charge in [-0.25, -0.2) is 0 Å². The van der Waals surface area contributed by atoms with Crippen LogP contribution in [0.5, 0.6) is 0 Å². The Morgan fingerprint density at radius 1 is 1.38 bits per heavy atom. The van der Waals surface area contributed by atoms with Crippen molar-refractivity contribution in [1.29, 1.82) is 5.26 Å². The molecule has 1 aromatic carbocycles. The maximum absolute atomic E-state index is 9.08. The number of nitrogens with zero attached hydrogens (tertiary/aromatic N) is 4. The molecule has 0 aliphatic carbocycles. The lowest BCUT2D eigenvalue weighted by Gasteiger charge is -2.24. The lowest BCUT2D eigenvalue weighted by atomic mass is 9.95. The number of anilines is 1. The van der Waals surface area contributed by atoms with E-state index < -0.39 is 0 Å². The summed E-state index contributed by atoms with van der Waals surface area (Å²) in [4.78, 5) is 2.39. The molecule has 0 bridgehead atoms. The number of nitriles is 1. The van der Waals surface area contributed by atoms with Crippen LogP contribution in [0.25, 0.3) is 11.1 Å². The lowest BCUT2D eigenvalue weighted by Crippen LogP contribution is -2.29. The number of hydrogen-bond acceptors (Lipinski definition) is 3. The fourth-order valence-corrected chi connectivity index (χ4v) is 3.10. The van der Waals surface area contributed by atoms with Crippen LogP contribution < -0.4 is 4.90 Å². The van der Waals surface area contributed by atoms with E-state index >= 15 is 0 Å². The van der Waals surface area contributed by atoms with E-state index in [2.05, 4.69) is 48.1 Å². The van der Waals surface area contributed by atoms with Crippen molar-refractivity contribution in [2.24, 2.45) is 7.05 Å². The van der Waals surface area contributed by atoms with Crippen LogP contribution in [0.2, 0.25) is 0 Å². The Balaban J connectivity index is 2.03. The molecule has 3 rings (SSSR count). The Labute approximate surface area is 125 Å². The van der Waals surface area contributed by atoms with Crippen LogP contribution in [0.15, 0.2) is 30.6 Å². The summed E-state index contributed by atoms with van der Waals surface area (Å²) in [6, 6.07) is 9.36. The first kappa shape index (κ1) is 13.7. The number of fused-ring (bicyclic) bond motifs is 1. The van der Waals surface area contributed by atoms with E-state index in [1.165, 1.54) is 16.8 Å². The predicted molar refractivity (Wildman–Crippen MR) is 84.1 cm³/mol. The van der Waals surface area contributed by atoms with Gasteiger partial charge in [-0.1, -0.05) is 6.07 Å². The Bertz CT molecular complexity index is 693. The largest absolute Gasteiger partial charge is 0.368 e. The van der Waals surface area contributed by atoms with Gasteiger partial charge in [-0.15, -0.1) is 0 Å². The van der Waals surface area contributed by atoms with E-state index in [1.807, 2.05) is 24.1 Å². The molecular formula is C17H20N4. The molecule has 0 fully saturated rings. The molecule has 2 heterocycles. The van der Waals surface area contributed by atoms with Gasteiger partial charge in [0.2, 0.25) is 0 Å². The number of aryl methyl sites for hydroxylation is 1. The van der Waals surface area contributed by atoms with E-state index in [9.17, 15) is 0 Å². The minimum Gasteiger partial charge on any atom is -0.368 e. The van der Waals surface area contributed by atoms with E-state index in [0.29, 0.717) is 18.4 Å². The monoisotopic (exact) mass is 280 g/mol. The molecule has 0 spiro atoms. The zero-order valence-electron chi connectivity index (χ0n) is 12.7. The fraction of sp³-hybridized carbons (Fsp3) is 0.412. The molecule has 0 saturated heterocycles. The Morgan fingerprint density at radius 3 is 2.81 bits per heavy atom. The van der Waals surface area contributed by atoms with Crippen LogP contribution in [-0.4, -0.2) is 22.4 Å². The summed E-state index contributed by atoms with van der Waals surface area (Å²) in [6.45, 7) is 5.35. The van der Waals surface area contributed by atoms with Crippen LogP contribution in [-0.2, 0) is 7.05 Å². The van der Waals surface area contributed by atoms with E-state index in [1.54, 1.807) is 0 Å². The third-order valence-electron chi connectivity index (χ3n) is 4.19. The van der Waals surface area contributed by atoms with Gasteiger partial charge in [0.15, 0.2) is 0 Å². The fourth-order valence-electron chi connectivity index (χ4n) is 3.10. The molecule has 0 radical (unpaired) electrons. The summed E-state index contributed by atoms with van der Waals surface area (Å²) in [6.07, 6.45) is 4.49. The maximum atomic E-state index is 9.08. The van der Waals surface area contributed by atoms with Crippen LogP contribution in [0.1, 0.15) is 31.7 Å². The predicted octanol–water partition coefficient (Wildman–Crippen LogP) is 3.31. The molecule has 21 heavy (non-hydrogen) atoms. The molecule has 0 saturated carbocycles. The van der Waals surface area contributed by atoms with Crippen molar-refractivity contribution in [2.75, 3.05) is 11.4 Å². The average Bonchev–Trinajstić information content (AvgIpc) is 3.03. The molecule has 1 aromatic heterocycles. The minimum absolute atomic E-state index is 0.309. The van der Waals surface area contributed by atoms with E-state index in [4.69, 9.17) is 5.26 Å². The molecule has 4 heteroatoms. The SMILES string of the molecule is CC(C)N1C[C@H](CC#N)c2cc(-c3cnn(C)c3)ccc21. The third kappa shape index (κ3) is 2.40. The molecule has 108 valence electrons. The lowest BCUT2D eigenvalue weighted by molar-refractivity contribution is 0.649. The number of aromatic nitrogens is 2. The van der Waals surface area contributed by atoms with Crippen molar-refractivity contribution in [1.82, 2.24) is 9.78 Å². The van der Waals surface area contributed by atoms with Crippen molar-refractivity contribution >= 4 is 5.69 Å². The highest BCUT2D eigenvalue weighted by Crippen LogP contribution is 2.41. The maximum Gasteiger partial charge on any atom is 0.0628 e. The van der Waals surface area contributed by atoms with Crippen molar-refractivity contribution in [3.8, 4) is 17.2 Å². The zero-order chi connectivity index (χ0) is 15.0. The number of hydrogen-bond donors (Lipinski definition) is 0. The molecule has 0 amide bonds. The molecule has 1 aliphatic heterocycles. The average molecular weight is 280 g/mol. The second-order valence-electron chi connectivity index (χ2n) is 5.98. The van der Waals surface area contributed by atoms with Crippen molar-refractivity contribution in [3.63, 3.8) is 0 Å². The van der Waals surface area contributed by atoms with Gasteiger partial charge in [0.05, 0.1) is 12.3 Å². The van der Waals surface area contributed by atoms with Gasteiger partial charge in [-0.3, -0.25) is 4.68 Å². The topological polar surface area (TPSA) is 44.9 Å². The van der Waals surface area contributed by atoms with Gasteiger partial charge in [0.1, 0.15) is 0 Å². The summed E-state index contributed by atoms with van der Waals surface area (Å²) in [5, 5.41) is 13.3. The van der Waals surface area contributed by atoms with Gasteiger partial charge >= 0.3 is 0 Å². The standard InChI is InChI=1S/C17H20N4/c1-12(2)21-11-14(6-7-18)16-8-13(4-5-17(16)21)15-9-19-20(3)10-15/h4-5,8-10,12,14H,6,11H2,1-3H3/t14-/m0/s1. The Kier molecular flexibility index (Phi) is 3.42. The smallest absolute Gasteiger partial charge is 0.0628 e. The number of benzene rings is 1. The van der Waals surface area contributed by atoms with Crippen LogP contribution in [0.4, 0.5) is 5.69 Å². The zero-order valence-corrected chi connectivity index (χ0v) is 12.7. The van der Waals surface area contributed by atoms with Crippen LogP contribution in [0.3, 0.4) is 0 Å². The van der Waals surface area contributed by atoms with Gasteiger partial charge in [-0.05, 0) is 37.1 Å². The first-order valence-corrected chi connectivity index (χ1v) is 7.36.